The average Bonchev–Trinajstić information content (AvgIpc) is 2.45. The molecule has 2 rings (SSSR count). The van der Waals surface area contributed by atoms with Gasteiger partial charge < -0.3 is 10.4 Å². The van der Waals surface area contributed by atoms with Crippen LogP contribution in [0.25, 0.3) is 0 Å². The number of aromatic hydroxyl groups is 1. The van der Waals surface area contributed by atoms with Gasteiger partial charge in [-0.15, -0.1) is 0 Å². The zero-order valence-electron chi connectivity index (χ0n) is 14.2. The van der Waals surface area contributed by atoms with Gasteiger partial charge in [0.1, 0.15) is 5.75 Å². The second-order valence-corrected chi connectivity index (χ2v) is 9.85. The summed E-state index contributed by atoms with van der Waals surface area (Å²) in [5.74, 6) is 0.794. The summed E-state index contributed by atoms with van der Waals surface area (Å²) in [7, 11) is -3.27. The van der Waals surface area contributed by atoms with Crippen molar-refractivity contribution in [1.29, 1.82) is 0 Å². The Morgan fingerprint density at radius 2 is 1.83 bits per heavy atom. The normalized spacial score (nSPS) is 22.7. The van der Waals surface area contributed by atoms with Gasteiger partial charge in [-0.05, 0) is 64.5 Å². The predicted molar refractivity (Wildman–Crippen MR) is 94.2 cm³/mol. The minimum Gasteiger partial charge on any atom is -0.508 e. The standard InChI is InChI=1S/C17H28N2O3S/c1-17(2,3)23(21,22)19-14-9-7-13(8-10-14)12-18-15-5-4-6-16(20)11-15/h4-6,11,13-14,18-20H,7-10,12H2,1-3H3. The lowest BCUT2D eigenvalue weighted by atomic mass is 9.86. The molecule has 6 heteroatoms. The first-order valence-electron chi connectivity index (χ1n) is 8.22. The molecule has 130 valence electrons. The SMILES string of the molecule is CC(C)(C)S(=O)(=O)NC1CCC(CNc2cccc(O)c2)CC1. The molecule has 1 aliphatic carbocycles. The minimum absolute atomic E-state index is 0.0521. The number of nitrogens with one attached hydrogen (secondary N) is 2. The van der Waals surface area contributed by atoms with E-state index < -0.39 is 14.8 Å². The molecule has 0 unspecified atom stereocenters. The lowest BCUT2D eigenvalue weighted by Gasteiger charge is -2.31. The van der Waals surface area contributed by atoms with Crippen molar-refractivity contribution in [2.24, 2.45) is 5.92 Å². The lowest BCUT2D eigenvalue weighted by Crippen LogP contribution is -2.46. The third-order valence-corrected chi connectivity index (χ3v) is 6.67. The van der Waals surface area contributed by atoms with Crippen molar-refractivity contribution >= 4 is 15.7 Å². The molecule has 0 radical (unpaired) electrons. The van der Waals surface area contributed by atoms with Crippen LogP contribution in [-0.2, 0) is 10.0 Å². The summed E-state index contributed by atoms with van der Waals surface area (Å²) in [5.41, 5.74) is 0.917. The molecule has 0 bridgehead atoms. The Morgan fingerprint density at radius 3 is 2.39 bits per heavy atom. The number of hydrogen-bond acceptors (Lipinski definition) is 4. The van der Waals surface area contributed by atoms with Crippen molar-refractivity contribution in [1.82, 2.24) is 4.72 Å². The molecule has 3 N–H and O–H groups in total. The summed E-state index contributed by atoms with van der Waals surface area (Å²) in [6.07, 6.45) is 3.76. The summed E-state index contributed by atoms with van der Waals surface area (Å²) in [4.78, 5) is 0. The minimum atomic E-state index is -3.27. The fraction of sp³-hybridized carbons (Fsp3) is 0.647. The van der Waals surface area contributed by atoms with Crippen LogP contribution in [0.2, 0.25) is 0 Å². The number of anilines is 1. The predicted octanol–water partition coefficient (Wildman–Crippen LogP) is 3.08. The van der Waals surface area contributed by atoms with E-state index in [1.807, 2.05) is 12.1 Å². The molecule has 0 heterocycles. The number of hydrogen-bond donors (Lipinski definition) is 3. The van der Waals surface area contributed by atoms with Gasteiger partial charge in [-0.1, -0.05) is 6.07 Å². The van der Waals surface area contributed by atoms with Crippen LogP contribution in [0.15, 0.2) is 24.3 Å². The van der Waals surface area contributed by atoms with Gasteiger partial charge in [-0.25, -0.2) is 13.1 Å². The van der Waals surface area contributed by atoms with Crippen molar-refractivity contribution in [3.05, 3.63) is 24.3 Å². The van der Waals surface area contributed by atoms with Gasteiger partial charge in [0.25, 0.3) is 0 Å². The quantitative estimate of drug-likeness (QED) is 0.770. The highest BCUT2D eigenvalue weighted by Gasteiger charge is 2.32. The first-order valence-corrected chi connectivity index (χ1v) is 9.70. The smallest absolute Gasteiger partial charge is 0.216 e. The van der Waals surface area contributed by atoms with Gasteiger partial charge in [-0.3, -0.25) is 0 Å². The Kier molecular flexibility index (Phi) is 5.57. The van der Waals surface area contributed by atoms with Crippen molar-refractivity contribution in [2.75, 3.05) is 11.9 Å². The Bertz CT molecular complexity index is 615. The maximum absolute atomic E-state index is 12.2. The third kappa shape index (κ3) is 5.11. The molecule has 1 aromatic carbocycles. The zero-order valence-corrected chi connectivity index (χ0v) is 15.0. The average molecular weight is 340 g/mol. The summed E-state index contributed by atoms with van der Waals surface area (Å²) < 4.78 is 26.5. The van der Waals surface area contributed by atoms with Gasteiger partial charge in [0.2, 0.25) is 10.0 Å². The van der Waals surface area contributed by atoms with E-state index in [0.717, 1.165) is 37.9 Å². The summed E-state index contributed by atoms with van der Waals surface area (Å²) in [6, 6.07) is 7.16. The van der Waals surface area contributed by atoms with E-state index in [2.05, 4.69) is 10.0 Å². The Hall–Kier alpha value is -1.27. The molecule has 0 spiro atoms. The fourth-order valence-corrected chi connectivity index (χ4v) is 3.79. The van der Waals surface area contributed by atoms with Crippen LogP contribution in [0.3, 0.4) is 0 Å². The second-order valence-electron chi connectivity index (χ2n) is 7.38. The first-order chi connectivity index (χ1) is 10.7. The van der Waals surface area contributed by atoms with Gasteiger partial charge in [0, 0.05) is 24.3 Å². The Balaban J connectivity index is 1.78. The molecular formula is C17H28N2O3S. The first kappa shape index (κ1) is 18.1. The molecule has 1 aromatic rings. The van der Waals surface area contributed by atoms with E-state index >= 15 is 0 Å². The van der Waals surface area contributed by atoms with E-state index in [4.69, 9.17) is 0 Å². The summed E-state index contributed by atoms with van der Waals surface area (Å²) in [6.45, 7) is 6.02. The molecule has 0 saturated heterocycles. The van der Waals surface area contributed by atoms with Gasteiger partial charge in [0.15, 0.2) is 0 Å². The van der Waals surface area contributed by atoms with Crippen LogP contribution < -0.4 is 10.0 Å². The van der Waals surface area contributed by atoms with Crippen LogP contribution in [0.5, 0.6) is 5.75 Å². The lowest BCUT2D eigenvalue weighted by molar-refractivity contribution is 0.322. The van der Waals surface area contributed by atoms with Gasteiger partial charge in [0.05, 0.1) is 4.75 Å². The monoisotopic (exact) mass is 340 g/mol. The van der Waals surface area contributed by atoms with Crippen molar-refractivity contribution in [2.45, 2.75) is 57.2 Å². The molecule has 5 nitrogen and oxygen atoms in total. The molecule has 1 fully saturated rings. The molecule has 23 heavy (non-hydrogen) atoms. The fourth-order valence-electron chi connectivity index (χ4n) is 2.76. The van der Waals surface area contributed by atoms with Crippen LogP contribution in [0.4, 0.5) is 5.69 Å². The molecule has 0 aromatic heterocycles. The molecule has 1 aliphatic rings. The van der Waals surface area contributed by atoms with Crippen LogP contribution in [0.1, 0.15) is 46.5 Å². The number of phenolic OH excluding ortho intramolecular Hbond substituents is 1. The maximum Gasteiger partial charge on any atom is 0.216 e. The van der Waals surface area contributed by atoms with Gasteiger partial charge in [-0.2, -0.15) is 0 Å². The van der Waals surface area contributed by atoms with Crippen LogP contribution >= 0.6 is 0 Å². The summed E-state index contributed by atoms with van der Waals surface area (Å²) in [5, 5.41) is 12.8. The molecule has 0 atom stereocenters. The Labute approximate surface area is 139 Å². The number of rotatable bonds is 5. The maximum atomic E-state index is 12.2. The molecule has 1 saturated carbocycles. The van der Waals surface area contributed by atoms with Gasteiger partial charge >= 0.3 is 0 Å². The van der Waals surface area contributed by atoms with E-state index in [1.54, 1.807) is 32.9 Å². The van der Waals surface area contributed by atoms with E-state index in [0.29, 0.717) is 5.92 Å². The molecular weight excluding hydrogens is 312 g/mol. The second kappa shape index (κ2) is 7.09. The highest BCUT2D eigenvalue weighted by molar-refractivity contribution is 7.90. The van der Waals surface area contributed by atoms with Crippen molar-refractivity contribution in [3.63, 3.8) is 0 Å². The summed E-state index contributed by atoms with van der Waals surface area (Å²) >= 11 is 0. The highest BCUT2D eigenvalue weighted by Crippen LogP contribution is 2.27. The Morgan fingerprint density at radius 1 is 1.17 bits per heavy atom. The topological polar surface area (TPSA) is 78.4 Å². The molecule has 0 amide bonds. The van der Waals surface area contributed by atoms with E-state index in [1.165, 1.54) is 0 Å². The highest BCUT2D eigenvalue weighted by atomic mass is 32.2. The number of phenols is 1. The van der Waals surface area contributed by atoms with Crippen LogP contribution in [0, 0.1) is 5.92 Å². The van der Waals surface area contributed by atoms with E-state index in [9.17, 15) is 13.5 Å². The van der Waals surface area contributed by atoms with E-state index in [-0.39, 0.29) is 11.8 Å². The largest absolute Gasteiger partial charge is 0.508 e. The molecule has 0 aliphatic heterocycles. The number of benzene rings is 1. The number of sulfonamides is 1. The third-order valence-electron chi connectivity index (χ3n) is 4.42. The zero-order chi connectivity index (χ0) is 17.1. The van der Waals surface area contributed by atoms with Crippen molar-refractivity contribution in [3.8, 4) is 5.75 Å². The van der Waals surface area contributed by atoms with Crippen LogP contribution in [-0.4, -0.2) is 30.9 Å². The van der Waals surface area contributed by atoms with Crippen molar-refractivity contribution < 1.29 is 13.5 Å².